The maximum atomic E-state index is 11.7. The van der Waals surface area contributed by atoms with Gasteiger partial charge in [-0.05, 0) is 44.0 Å². The van der Waals surface area contributed by atoms with Gasteiger partial charge in [0.25, 0.3) is 0 Å². The van der Waals surface area contributed by atoms with Crippen LogP contribution in [0.3, 0.4) is 0 Å². The Kier molecular flexibility index (Phi) is 4.24. The van der Waals surface area contributed by atoms with Gasteiger partial charge in [-0.1, -0.05) is 18.9 Å². The van der Waals surface area contributed by atoms with Crippen LogP contribution >= 0.6 is 0 Å². The summed E-state index contributed by atoms with van der Waals surface area (Å²) < 4.78 is 25.7. The van der Waals surface area contributed by atoms with E-state index in [0.717, 1.165) is 18.2 Å². The van der Waals surface area contributed by atoms with Crippen LogP contribution < -0.4 is 10.0 Å². The van der Waals surface area contributed by atoms with Crippen molar-refractivity contribution in [3.63, 3.8) is 0 Å². The minimum Gasteiger partial charge on any atom is -0.385 e. The van der Waals surface area contributed by atoms with Crippen molar-refractivity contribution in [1.82, 2.24) is 4.72 Å². The lowest BCUT2D eigenvalue weighted by molar-refractivity contribution is 0.579. The monoisotopic (exact) mass is 268 g/mol. The van der Waals surface area contributed by atoms with Crippen LogP contribution in [-0.2, 0) is 10.0 Å². The second-order valence-corrected chi connectivity index (χ2v) is 6.65. The van der Waals surface area contributed by atoms with Gasteiger partial charge >= 0.3 is 0 Å². The molecule has 0 heterocycles. The largest absolute Gasteiger partial charge is 0.385 e. The quantitative estimate of drug-likeness (QED) is 0.860. The first-order chi connectivity index (χ1) is 8.62. The highest BCUT2D eigenvalue weighted by Gasteiger charge is 2.15. The Bertz CT molecular complexity index is 493. The molecule has 0 unspecified atom stereocenters. The first kappa shape index (κ1) is 13.4. The molecule has 1 saturated carbocycles. The van der Waals surface area contributed by atoms with Gasteiger partial charge in [0, 0.05) is 12.2 Å². The second kappa shape index (κ2) is 5.71. The maximum absolute atomic E-state index is 11.7. The van der Waals surface area contributed by atoms with Crippen molar-refractivity contribution >= 4 is 15.7 Å². The lowest BCUT2D eigenvalue weighted by atomic mass is 10.1. The smallest absolute Gasteiger partial charge is 0.240 e. The van der Waals surface area contributed by atoms with Gasteiger partial charge < -0.3 is 5.32 Å². The molecule has 0 spiro atoms. The number of rotatable bonds is 5. The molecule has 0 aliphatic heterocycles. The van der Waals surface area contributed by atoms with Crippen LogP contribution in [0.1, 0.15) is 25.7 Å². The first-order valence-electron chi connectivity index (χ1n) is 6.39. The summed E-state index contributed by atoms with van der Waals surface area (Å²) in [5, 5.41) is 3.33. The highest BCUT2D eigenvalue weighted by atomic mass is 32.2. The fourth-order valence-corrected chi connectivity index (χ4v) is 3.14. The molecule has 1 fully saturated rings. The number of sulfonamides is 1. The molecule has 100 valence electrons. The van der Waals surface area contributed by atoms with Crippen LogP contribution in [0.4, 0.5) is 5.69 Å². The van der Waals surface area contributed by atoms with Gasteiger partial charge in [0.1, 0.15) is 0 Å². The average molecular weight is 268 g/mol. The normalized spacial score (nSPS) is 16.9. The summed E-state index contributed by atoms with van der Waals surface area (Å²) in [4.78, 5) is 0.307. The lowest BCUT2D eigenvalue weighted by Crippen LogP contribution is -2.19. The predicted octanol–water partition coefficient (Wildman–Crippen LogP) is 2.20. The molecule has 0 bridgehead atoms. The van der Waals surface area contributed by atoms with Gasteiger partial charge in [-0.2, -0.15) is 0 Å². The molecule has 1 aliphatic rings. The van der Waals surface area contributed by atoms with Crippen molar-refractivity contribution in [2.75, 3.05) is 18.9 Å². The summed E-state index contributed by atoms with van der Waals surface area (Å²) in [6.07, 6.45) is 5.20. The minimum atomic E-state index is -3.35. The highest BCUT2D eigenvalue weighted by molar-refractivity contribution is 7.89. The van der Waals surface area contributed by atoms with Crippen molar-refractivity contribution in [3.05, 3.63) is 24.3 Å². The fraction of sp³-hybridized carbons (Fsp3) is 0.538. The molecule has 1 aliphatic carbocycles. The minimum absolute atomic E-state index is 0.307. The van der Waals surface area contributed by atoms with E-state index in [-0.39, 0.29) is 0 Å². The standard InChI is InChI=1S/C13H20N2O2S/c1-14-18(16,17)13-8-4-7-12(9-13)15-10-11-5-2-3-6-11/h4,7-9,11,14-15H,2-3,5-6,10H2,1H3. The van der Waals surface area contributed by atoms with E-state index in [1.54, 1.807) is 18.2 Å². The zero-order valence-corrected chi connectivity index (χ0v) is 11.5. The second-order valence-electron chi connectivity index (χ2n) is 4.77. The molecule has 5 heteroatoms. The molecule has 2 N–H and O–H groups in total. The number of anilines is 1. The molecule has 1 aromatic rings. The number of hydrogen-bond donors (Lipinski definition) is 2. The molecular weight excluding hydrogens is 248 g/mol. The van der Waals surface area contributed by atoms with Crippen LogP contribution in [0.5, 0.6) is 0 Å². The third-order valence-electron chi connectivity index (χ3n) is 3.48. The van der Waals surface area contributed by atoms with E-state index in [0.29, 0.717) is 4.90 Å². The molecule has 0 atom stereocenters. The van der Waals surface area contributed by atoms with Crippen LogP contribution in [0.15, 0.2) is 29.2 Å². The van der Waals surface area contributed by atoms with E-state index in [9.17, 15) is 8.42 Å². The maximum Gasteiger partial charge on any atom is 0.240 e. The van der Waals surface area contributed by atoms with E-state index >= 15 is 0 Å². The zero-order valence-electron chi connectivity index (χ0n) is 10.6. The average Bonchev–Trinajstić information content (AvgIpc) is 2.90. The summed E-state index contributed by atoms with van der Waals surface area (Å²) >= 11 is 0. The zero-order chi connectivity index (χ0) is 13.0. The topological polar surface area (TPSA) is 58.2 Å². The lowest BCUT2D eigenvalue weighted by Gasteiger charge is -2.12. The Hall–Kier alpha value is -1.07. The van der Waals surface area contributed by atoms with Gasteiger partial charge in [-0.25, -0.2) is 13.1 Å². The van der Waals surface area contributed by atoms with Crippen LogP contribution in [0, 0.1) is 5.92 Å². The molecule has 1 aromatic carbocycles. The molecular formula is C13H20N2O2S. The molecule has 0 radical (unpaired) electrons. The third kappa shape index (κ3) is 3.23. The number of benzene rings is 1. The van der Waals surface area contributed by atoms with Gasteiger partial charge in [0.15, 0.2) is 0 Å². The van der Waals surface area contributed by atoms with Gasteiger partial charge in [0.05, 0.1) is 4.90 Å². The SMILES string of the molecule is CNS(=O)(=O)c1cccc(NCC2CCCC2)c1. The van der Waals surface area contributed by atoms with Crippen LogP contribution in [0.2, 0.25) is 0 Å². The molecule has 0 saturated heterocycles. The fourth-order valence-electron chi connectivity index (χ4n) is 2.37. The molecule has 0 amide bonds. The van der Waals surface area contributed by atoms with Crippen molar-refractivity contribution in [2.45, 2.75) is 30.6 Å². The number of nitrogens with one attached hydrogen (secondary N) is 2. The molecule has 2 rings (SSSR count). The first-order valence-corrected chi connectivity index (χ1v) is 7.87. The van der Waals surface area contributed by atoms with Gasteiger partial charge in [-0.3, -0.25) is 0 Å². The highest BCUT2D eigenvalue weighted by Crippen LogP contribution is 2.25. The van der Waals surface area contributed by atoms with E-state index in [1.807, 2.05) is 6.07 Å². The van der Waals surface area contributed by atoms with E-state index in [2.05, 4.69) is 10.0 Å². The molecule has 0 aromatic heterocycles. The Morgan fingerprint density at radius 2 is 2.00 bits per heavy atom. The van der Waals surface area contributed by atoms with E-state index in [4.69, 9.17) is 0 Å². The van der Waals surface area contributed by atoms with Gasteiger partial charge in [-0.15, -0.1) is 0 Å². The van der Waals surface area contributed by atoms with E-state index in [1.165, 1.54) is 32.7 Å². The summed E-state index contributed by atoms with van der Waals surface area (Å²) in [6.45, 7) is 0.934. The number of hydrogen-bond acceptors (Lipinski definition) is 3. The third-order valence-corrected chi connectivity index (χ3v) is 4.89. The molecule has 4 nitrogen and oxygen atoms in total. The molecule has 18 heavy (non-hydrogen) atoms. The van der Waals surface area contributed by atoms with Crippen molar-refractivity contribution < 1.29 is 8.42 Å². The van der Waals surface area contributed by atoms with Crippen LogP contribution in [0.25, 0.3) is 0 Å². The summed E-state index contributed by atoms with van der Waals surface area (Å²) in [5.41, 5.74) is 0.873. The van der Waals surface area contributed by atoms with E-state index < -0.39 is 10.0 Å². The van der Waals surface area contributed by atoms with Crippen molar-refractivity contribution in [1.29, 1.82) is 0 Å². The Labute approximate surface area is 109 Å². The Balaban J connectivity index is 2.03. The summed E-state index contributed by atoms with van der Waals surface area (Å²) in [5.74, 6) is 0.731. The summed E-state index contributed by atoms with van der Waals surface area (Å²) in [7, 11) is -1.92. The Morgan fingerprint density at radius 1 is 1.28 bits per heavy atom. The summed E-state index contributed by atoms with van der Waals surface area (Å²) in [6, 6.07) is 6.96. The van der Waals surface area contributed by atoms with Gasteiger partial charge in [0.2, 0.25) is 10.0 Å². The van der Waals surface area contributed by atoms with Crippen molar-refractivity contribution in [3.8, 4) is 0 Å². The van der Waals surface area contributed by atoms with Crippen LogP contribution in [-0.4, -0.2) is 22.0 Å². The van der Waals surface area contributed by atoms with Crippen molar-refractivity contribution in [2.24, 2.45) is 5.92 Å². The predicted molar refractivity (Wildman–Crippen MR) is 73.1 cm³/mol. The Morgan fingerprint density at radius 3 is 2.67 bits per heavy atom.